The summed E-state index contributed by atoms with van der Waals surface area (Å²) in [5, 5.41) is 0. The lowest BCUT2D eigenvalue weighted by Crippen LogP contribution is -2.44. The molecule has 5 rings (SSSR count). The highest BCUT2D eigenvalue weighted by Crippen LogP contribution is 2.55. The molecule has 2 aromatic carbocycles. The molecule has 5 nitrogen and oxygen atoms in total. The summed E-state index contributed by atoms with van der Waals surface area (Å²) in [6.45, 7) is 11.6. The van der Waals surface area contributed by atoms with Crippen LogP contribution < -0.4 is 9.47 Å². The fourth-order valence-corrected chi connectivity index (χ4v) is 7.12. The number of carbonyl (C=O) groups is 2. The second-order valence-corrected chi connectivity index (χ2v) is 13.6. The van der Waals surface area contributed by atoms with E-state index in [0.29, 0.717) is 35.4 Å². The zero-order chi connectivity index (χ0) is 29.0. The Hall–Kier alpha value is -2.93. The molecule has 1 aliphatic heterocycles. The molecule has 0 bridgehead atoms. The van der Waals surface area contributed by atoms with Crippen LogP contribution in [-0.4, -0.2) is 30.1 Å². The standard InChI is InChI=1S/C33H37BrFNO4/c1-7-36-23-14-32(2,3)16-25(37)29(23)28(30-24(36)15-33(4,5)17-26(30)38)20-12-22(34)31(27(13-20)39-6)40-18-19-8-10-21(35)11-9-19/h8-13,28H,7,14-18H2,1-6H3. The van der Waals surface area contributed by atoms with Crippen molar-refractivity contribution in [2.45, 2.75) is 72.8 Å². The molecule has 0 saturated carbocycles. The van der Waals surface area contributed by atoms with Crippen LogP contribution in [0.2, 0.25) is 0 Å². The van der Waals surface area contributed by atoms with Crippen molar-refractivity contribution >= 4 is 27.5 Å². The monoisotopic (exact) mass is 609 g/mol. The zero-order valence-corrected chi connectivity index (χ0v) is 25.7. The number of carbonyl (C=O) groups excluding carboxylic acids is 2. The third-order valence-corrected chi connectivity index (χ3v) is 8.81. The number of Topliss-reactive ketones (excluding diaryl/α,β-unsaturated/α-hetero) is 2. The van der Waals surface area contributed by atoms with Gasteiger partial charge in [0.15, 0.2) is 23.1 Å². The molecule has 2 aliphatic carbocycles. The lowest BCUT2D eigenvalue weighted by atomic mass is 9.63. The summed E-state index contributed by atoms with van der Waals surface area (Å²) in [6, 6.07) is 10.0. The van der Waals surface area contributed by atoms with Gasteiger partial charge in [-0.05, 0) is 81.9 Å². The van der Waals surface area contributed by atoms with Gasteiger partial charge in [0.1, 0.15) is 12.4 Å². The molecule has 0 N–H and O–H groups in total. The van der Waals surface area contributed by atoms with E-state index >= 15 is 0 Å². The van der Waals surface area contributed by atoms with Gasteiger partial charge in [-0.2, -0.15) is 0 Å². The first kappa shape index (κ1) is 28.6. The van der Waals surface area contributed by atoms with E-state index in [-0.39, 0.29) is 34.8 Å². The van der Waals surface area contributed by atoms with Crippen molar-refractivity contribution < 1.29 is 23.5 Å². The molecule has 0 atom stereocenters. The van der Waals surface area contributed by atoms with Crippen LogP contribution in [0.3, 0.4) is 0 Å². The lowest BCUT2D eigenvalue weighted by Gasteiger charge is -2.49. The largest absolute Gasteiger partial charge is 0.493 e. The van der Waals surface area contributed by atoms with Gasteiger partial charge in [0.05, 0.1) is 11.6 Å². The first-order valence-electron chi connectivity index (χ1n) is 13.9. The molecule has 0 unspecified atom stereocenters. The molecule has 3 aliphatic rings. The molecular weight excluding hydrogens is 573 g/mol. The van der Waals surface area contributed by atoms with Gasteiger partial charge < -0.3 is 14.4 Å². The number of halogens is 2. The Morgan fingerprint density at radius 2 is 1.48 bits per heavy atom. The van der Waals surface area contributed by atoms with Crippen molar-refractivity contribution in [3.63, 3.8) is 0 Å². The van der Waals surface area contributed by atoms with Gasteiger partial charge in [0, 0.05) is 47.8 Å². The number of hydrogen-bond donors (Lipinski definition) is 0. The predicted molar refractivity (Wildman–Crippen MR) is 157 cm³/mol. The van der Waals surface area contributed by atoms with Gasteiger partial charge in [-0.3, -0.25) is 9.59 Å². The van der Waals surface area contributed by atoms with Crippen molar-refractivity contribution in [3.8, 4) is 11.5 Å². The molecule has 0 amide bonds. The van der Waals surface area contributed by atoms with Crippen LogP contribution in [0, 0.1) is 16.6 Å². The molecule has 0 fully saturated rings. The fraction of sp³-hybridized carbons (Fsp3) is 0.455. The third kappa shape index (κ3) is 5.25. The molecule has 7 heteroatoms. The number of ketones is 2. The second kappa shape index (κ2) is 10.5. The molecule has 40 heavy (non-hydrogen) atoms. The molecule has 0 radical (unpaired) electrons. The minimum Gasteiger partial charge on any atom is -0.493 e. The number of ether oxygens (including phenoxy) is 2. The molecule has 0 saturated heterocycles. The second-order valence-electron chi connectivity index (χ2n) is 12.7. The number of rotatable bonds is 6. The van der Waals surface area contributed by atoms with Crippen molar-refractivity contribution in [1.29, 1.82) is 0 Å². The summed E-state index contributed by atoms with van der Waals surface area (Å²) >= 11 is 3.68. The van der Waals surface area contributed by atoms with Crippen LogP contribution in [0.4, 0.5) is 4.39 Å². The smallest absolute Gasteiger partial charge is 0.175 e. The van der Waals surface area contributed by atoms with Crippen LogP contribution in [0.15, 0.2) is 63.4 Å². The Bertz CT molecular complexity index is 1380. The first-order valence-corrected chi connectivity index (χ1v) is 14.7. The highest BCUT2D eigenvalue weighted by molar-refractivity contribution is 9.10. The Kier molecular flexibility index (Phi) is 7.49. The highest BCUT2D eigenvalue weighted by atomic mass is 79.9. The van der Waals surface area contributed by atoms with Crippen molar-refractivity contribution in [3.05, 3.63) is 80.4 Å². The van der Waals surface area contributed by atoms with Crippen LogP contribution in [0.5, 0.6) is 11.5 Å². The summed E-state index contributed by atoms with van der Waals surface area (Å²) < 4.78 is 25.9. The van der Waals surface area contributed by atoms with Crippen molar-refractivity contribution in [2.24, 2.45) is 10.8 Å². The van der Waals surface area contributed by atoms with Crippen molar-refractivity contribution in [1.82, 2.24) is 4.90 Å². The Balaban J connectivity index is 1.64. The van der Waals surface area contributed by atoms with E-state index in [9.17, 15) is 14.0 Å². The molecule has 2 aromatic rings. The third-order valence-electron chi connectivity index (χ3n) is 8.22. The number of benzene rings is 2. The van der Waals surface area contributed by atoms with E-state index in [1.54, 1.807) is 19.2 Å². The number of nitrogens with zero attached hydrogens (tertiary/aromatic N) is 1. The predicted octanol–water partition coefficient (Wildman–Crippen LogP) is 7.88. The van der Waals surface area contributed by atoms with E-state index < -0.39 is 5.92 Å². The summed E-state index contributed by atoms with van der Waals surface area (Å²) in [7, 11) is 1.58. The van der Waals surface area contributed by atoms with E-state index in [1.165, 1.54) is 12.1 Å². The summed E-state index contributed by atoms with van der Waals surface area (Å²) in [6.07, 6.45) is 2.45. The van der Waals surface area contributed by atoms with Crippen molar-refractivity contribution in [2.75, 3.05) is 13.7 Å². The number of methoxy groups -OCH3 is 1. The average Bonchev–Trinajstić information content (AvgIpc) is 2.86. The van der Waals surface area contributed by atoms with Crippen LogP contribution in [-0.2, 0) is 16.2 Å². The minimum absolute atomic E-state index is 0.102. The summed E-state index contributed by atoms with van der Waals surface area (Å²) in [5.41, 5.74) is 4.90. The minimum atomic E-state index is -0.462. The Morgan fingerprint density at radius 3 is 1.98 bits per heavy atom. The quantitative estimate of drug-likeness (QED) is 0.333. The van der Waals surface area contributed by atoms with Crippen LogP contribution in [0.1, 0.15) is 77.3 Å². The summed E-state index contributed by atoms with van der Waals surface area (Å²) in [4.78, 5) is 30.0. The lowest BCUT2D eigenvalue weighted by molar-refractivity contribution is -0.119. The topological polar surface area (TPSA) is 55.8 Å². The van der Waals surface area contributed by atoms with Gasteiger partial charge in [0.25, 0.3) is 0 Å². The Morgan fingerprint density at radius 1 is 0.925 bits per heavy atom. The maximum Gasteiger partial charge on any atom is 0.175 e. The van der Waals surface area contributed by atoms with Gasteiger partial charge in [-0.25, -0.2) is 4.39 Å². The summed E-state index contributed by atoms with van der Waals surface area (Å²) in [5.74, 6) is 0.454. The SMILES string of the molecule is CCN1C2=C(C(=O)CC(C)(C)C2)C(c2cc(Br)c(OCc3ccc(F)cc3)c(OC)c2)C2=C1CC(C)(C)CC2=O. The van der Waals surface area contributed by atoms with Gasteiger partial charge in [-0.15, -0.1) is 0 Å². The highest BCUT2D eigenvalue weighted by Gasteiger charge is 2.48. The maximum absolute atomic E-state index is 13.9. The average molecular weight is 611 g/mol. The van der Waals surface area contributed by atoms with Crippen LogP contribution in [0.25, 0.3) is 0 Å². The molecule has 1 heterocycles. The fourth-order valence-electron chi connectivity index (χ4n) is 6.55. The molecule has 0 aromatic heterocycles. The molecular formula is C33H37BrFNO4. The zero-order valence-electron chi connectivity index (χ0n) is 24.1. The normalized spacial score (nSPS) is 20.4. The number of hydrogen-bond acceptors (Lipinski definition) is 5. The maximum atomic E-state index is 13.9. The van der Waals surface area contributed by atoms with E-state index in [2.05, 4.69) is 55.4 Å². The molecule has 0 spiro atoms. The molecule has 212 valence electrons. The van der Waals surface area contributed by atoms with E-state index in [0.717, 1.165) is 46.5 Å². The van der Waals surface area contributed by atoms with E-state index in [4.69, 9.17) is 9.47 Å². The van der Waals surface area contributed by atoms with E-state index in [1.807, 2.05) is 12.1 Å². The first-order chi connectivity index (χ1) is 18.8. The van der Waals surface area contributed by atoms with Gasteiger partial charge in [0.2, 0.25) is 0 Å². The Labute approximate surface area is 244 Å². The van der Waals surface area contributed by atoms with Crippen LogP contribution >= 0.6 is 15.9 Å². The van der Waals surface area contributed by atoms with Gasteiger partial charge in [-0.1, -0.05) is 39.8 Å². The van der Waals surface area contributed by atoms with Gasteiger partial charge >= 0.3 is 0 Å². The number of allylic oxidation sites excluding steroid dienone is 4.